The van der Waals surface area contributed by atoms with Crippen LogP contribution in [0.25, 0.3) is 0 Å². The van der Waals surface area contributed by atoms with Gasteiger partial charge in [0.05, 0.1) is 6.61 Å². The topological polar surface area (TPSA) is 225 Å². The molecule has 1 rings (SSSR count). The van der Waals surface area contributed by atoms with E-state index in [4.69, 9.17) is 29.9 Å². The fraction of sp³-hybridized carbons (Fsp3) is 1.00. The Morgan fingerprint density at radius 1 is 1.09 bits per heavy atom. The summed E-state index contributed by atoms with van der Waals surface area (Å²) in [5.41, 5.74) is 5.46. The molecule has 1 saturated heterocycles. The van der Waals surface area contributed by atoms with Crippen molar-refractivity contribution in [1.82, 2.24) is 0 Å². The fourth-order valence-corrected chi connectivity index (χ4v) is 4.68. The fourth-order valence-electron chi connectivity index (χ4n) is 1.65. The molecule has 0 spiro atoms. The van der Waals surface area contributed by atoms with Gasteiger partial charge in [-0.1, -0.05) is 0 Å². The smallest absolute Gasteiger partial charge is 0.387 e. The summed E-state index contributed by atoms with van der Waals surface area (Å²) in [4.78, 5) is 34.9. The average Bonchev–Trinajstić information content (AvgIpc) is 2.56. The van der Waals surface area contributed by atoms with Crippen LogP contribution in [-0.4, -0.2) is 62.9 Å². The molecule has 0 radical (unpaired) electrons. The lowest BCUT2D eigenvalue weighted by atomic mass is 10.1. The molecule has 0 bridgehead atoms. The molecule has 14 nitrogen and oxygen atoms in total. The molecule has 0 aromatic heterocycles. The van der Waals surface area contributed by atoms with E-state index in [-0.39, 0.29) is 0 Å². The van der Waals surface area contributed by atoms with Gasteiger partial charge < -0.3 is 39.9 Å². The van der Waals surface area contributed by atoms with Crippen molar-refractivity contribution < 1.29 is 61.0 Å². The van der Waals surface area contributed by atoms with Gasteiger partial charge in [0.15, 0.2) is 0 Å². The molecule has 138 valence electrons. The number of phosphoric acid groups is 3. The highest BCUT2D eigenvalue weighted by Crippen LogP contribution is 2.66. The maximum Gasteiger partial charge on any atom is 0.490 e. The number of ether oxygens (including phenoxy) is 2. The summed E-state index contributed by atoms with van der Waals surface area (Å²) in [6.07, 6.45) is -4.55. The van der Waals surface area contributed by atoms with E-state index in [0.29, 0.717) is 0 Å². The predicted octanol–water partition coefficient (Wildman–Crippen LogP) is -1.61. The number of methoxy groups -OCH3 is 1. The van der Waals surface area contributed by atoms with E-state index in [1.54, 1.807) is 0 Å². The van der Waals surface area contributed by atoms with Crippen molar-refractivity contribution in [2.45, 2.75) is 24.5 Å². The highest BCUT2D eigenvalue weighted by atomic mass is 31.3. The molecule has 17 heteroatoms. The molecular weight excluding hydrogens is 387 g/mol. The number of rotatable bonds is 8. The molecule has 1 heterocycles. The lowest BCUT2D eigenvalue weighted by molar-refractivity contribution is -0.0197. The number of hydrogen-bond donors (Lipinski definition) is 6. The first-order valence-corrected chi connectivity index (χ1v) is 10.2. The van der Waals surface area contributed by atoms with Crippen LogP contribution in [0.15, 0.2) is 0 Å². The Balaban J connectivity index is 2.61. The number of phosphoric ester groups is 1. The van der Waals surface area contributed by atoms with Gasteiger partial charge in [0, 0.05) is 7.11 Å². The van der Waals surface area contributed by atoms with Crippen LogP contribution < -0.4 is 5.73 Å². The van der Waals surface area contributed by atoms with E-state index >= 15 is 0 Å². The molecule has 1 aliphatic heterocycles. The van der Waals surface area contributed by atoms with Gasteiger partial charge in [-0.05, 0) is 0 Å². The zero-order valence-corrected chi connectivity index (χ0v) is 14.1. The van der Waals surface area contributed by atoms with Gasteiger partial charge in [-0.2, -0.15) is 8.62 Å². The zero-order chi connectivity index (χ0) is 18.1. The molecule has 1 fully saturated rings. The van der Waals surface area contributed by atoms with Crippen LogP contribution >= 0.6 is 23.5 Å². The molecule has 0 saturated carbocycles. The van der Waals surface area contributed by atoms with Crippen molar-refractivity contribution in [3.8, 4) is 0 Å². The van der Waals surface area contributed by atoms with Crippen molar-refractivity contribution in [1.29, 1.82) is 0 Å². The molecule has 1 aliphatic rings. The molecule has 0 amide bonds. The van der Waals surface area contributed by atoms with Gasteiger partial charge in [-0.25, -0.2) is 13.7 Å². The van der Waals surface area contributed by atoms with E-state index in [1.807, 2.05) is 0 Å². The standard InChI is InChI=1S/C6H16NO13P3/c1-16-5-4(8)3(18-6(5)7)2-17-22(12,13)20-23(14,15)19-21(9,10)11/h3-6,8H,2,7H2,1H3,(H,12,13)(H,14,15)(H2,9,10,11)/t3-,4+,5+,6-/m1/s1. The van der Waals surface area contributed by atoms with Gasteiger partial charge in [0.2, 0.25) is 0 Å². The Bertz CT molecular complexity index is 548. The Morgan fingerprint density at radius 2 is 1.65 bits per heavy atom. The average molecular weight is 403 g/mol. The minimum absolute atomic E-state index is 0.807. The summed E-state index contributed by atoms with van der Waals surface area (Å²) in [6, 6.07) is 0. The van der Waals surface area contributed by atoms with Gasteiger partial charge in [-0.15, -0.1) is 0 Å². The van der Waals surface area contributed by atoms with Crippen LogP contribution in [0.5, 0.6) is 0 Å². The van der Waals surface area contributed by atoms with Gasteiger partial charge in [0.25, 0.3) is 0 Å². The molecule has 0 aliphatic carbocycles. The van der Waals surface area contributed by atoms with E-state index in [1.165, 1.54) is 7.11 Å². The zero-order valence-electron chi connectivity index (χ0n) is 11.4. The van der Waals surface area contributed by atoms with Gasteiger partial charge in [0.1, 0.15) is 24.5 Å². The van der Waals surface area contributed by atoms with E-state index < -0.39 is 54.6 Å². The van der Waals surface area contributed by atoms with Gasteiger partial charge in [-0.3, -0.25) is 4.52 Å². The van der Waals surface area contributed by atoms with Crippen LogP contribution in [0.3, 0.4) is 0 Å². The van der Waals surface area contributed by atoms with Crippen LogP contribution in [0, 0.1) is 0 Å². The Labute approximate surface area is 129 Å². The molecule has 7 N–H and O–H groups in total. The van der Waals surface area contributed by atoms with Crippen molar-refractivity contribution in [3.63, 3.8) is 0 Å². The van der Waals surface area contributed by atoms with E-state index in [9.17, 15) is 23.7 Å². The molecule has 0 aromatic rings. The second-order valence-electron chi connectivity index (χ2n) is 4.22. The Morgan fingerprint density at radius 3 is 2.09 bits per heavy atom. The summed E-state index contributed by atoms with van der Waals surface area (Å²) in [5.74, 6) is 0. The van der Waals surface area contributed by atoms with Gasteiger partial charge >= 0.3 is 23.5 Å². The number of hydrogen-bond acceptors (Lipinski definition) is 10. The van der Waals surface area contributed by atoms with Crippen LogP contribution in [0.4, 0.5) is 0 Å². The highest BCUT2D eigenvalue weighted by molar-refractivity contribution is 7.66. The number of aliphatic hydroxyl groups is 1. The summed E-state index contributed by atoms with van der Waals surface area (Å²) < 4.78 is 54.1. The van der Waals surface area contributed by atoms with Crippen LogP contribution in [-0.2, 0) is 36.3 Å². The monoisotopic (exact) mass is 403 g/mol. The number of aliphatic hydroxyl groups excluding tert-OH is 1. The van der Waals surface area contributed by atoms with Crippen molar-refractivity contribution in [2.75, 3.05) is 13.7 Å². The summed E-state index contributed by atoms with van der Waals surface area (Å²) in [6.45, 7) is -0.807. The Kier molecular flexibility index (Phi) is 7.08. The minimum Gasteiger partial charge on any atom is -0.387 e. The van der Waals surface area contributed by atoms with Crippen LogP contribution in [0.2, 0.25) is 0 Å². The quantitative estimate of drug-likeness (QED) is 0.251. The molecule has 23 heavy (non-hydrogen) atoms. The largest absolute Gasteiger partial charge is 0.490 e. The SMILES string of the molecule is CO[C@H]1[C@@H](O)[C@@H](COP(=O)(O)OP(=O)(O)OP(=O)(O)O)O[C@H]1N. The molecule has 2 unspecified atom stereocenters. The van der Waals surface area contributed by atoms with E-state index in [0.717, 1.165) is 0 Å². The molecule has 6 atom stereocenters. The van der Waals surface area contributed by atoms with Crippen molar-refractivity contribution in [3.05, 3.63) is 0 Å². The van der Waals surface area contributed by atoms with Crippen molar-refractivity contribution in [2.24, 2.45) is 5.73 Å². The second-order valence-corrected chi connectivity index (χ2v) is 8.64. The summed E-state index contributed by atoms with van der Waals surface area (Å²) in [5, 5.41) is 9.75. The van der Waals surface area contributed by atoms with Crippen LogP contribution in [0.1, 0.15) is 0 Å². The normalized spacial score (nSPS) is 34.0. The third-order valence-electron chi connectivity index (χ3n) is 2.46. The summed E-state index contributed by atoms with van der Waals surface area (Å²) in [7, 11) is -15.1. The highest BCUT2D eigenvalue weighted by Gasteiger charge is 2.45. The molecular formula is C6H16NO13P3. The lowest BCUT2D eigenvalue weighted by Crippen LogP contribution is -2.38. The lowest BCUT2D eigenvalue weighted by Gasteiger charge is -2.19. The third kappa shape index (κ3) is 6.94. The molecule has 0 aromatic carbocycles. The third-order valence-corrected chi connectivity index (χ3v) is 6.27. The second kappa shape index (κ2) is 7.65. The number of nitrogens with two attached hydrogens (primary N) is 1. The first-order valence-electron chi connectivity index (χ1n) is 5.66. The Hall–Kier alpha value is 0.250. The summed E-state index contributed by atoms with van der Waals surface area (Å²) >= 11 is 0. The predicted molar refractivity (Wildman–Crippen MR) is 69.5 cm³/mol. The maximum absolute atomic E-state index is 11.5. The van der Waals surface area contributed by atoms with Crippen molar-refractivity contribution >= 4 is 23.5 Å². The van der Waals surface area contributed by atoms with E-state index in [2.05, 4.69) is 13.1 Å². The first kappa shape index (κ1) is 21.3. The first-order chi connectivity index (χ1) is 10.3. The minimum atomic E-state index is -5.60. The maximum atomic E-state index is 11.5.